The van der Waals surface area contributed by atoms with Crippen LogP contribution in [0.4, 0.5) is 5.69 Å². The predicted molar refractivity (Wildman–Crippen MR) is 122 cm³/mol. The highest BCUT2D eigenvalue weighted by molar-refractivity contribution is 7.89. The van der Waals surface area contributed by atoms with E-state index < -0.39 is 10.0 Å². The minimum Gasteiger partial charge on any atom is -0.504 e. The maximum Gasteiger partial charge on any atom is 0.240 e. The molecular weight excluding hydrogens is 428 g/mol. The van der Waals surface area contributed by atoms with Gasteiger partial charge in [-0.3, -0.25) is 0 Å². The van der Waals surface area contributed by atoms with E-state index in [4.69, 9.17) is 9.47 Å². The molecule has 0 amide bonds. The number of nitrogens with one attached hydrogen (secondary N) is 2. The summed E-state index contributed by atoms with van der Waals surface area (Å²) in [6.45, 7) is 0.983. The van der Waals surface area contributed by atoms with Gasteiger partial charge in [-0.2, -0.15) is 0 Å². The Morgan fingerprint density at radius 1 is 1.25 bits per heavy atom. The van der Waals surface area contributed by atoms with Gasteiger partial charge in [0.15, 0.2) is 11.5 Å². The first-order valence-electron chi connectivity index (χ1n) is 11.0. The minimum atomic E-state index is -3.63. The molecule has 170 valence electrons. The van der Waals surface area contributed by atoms with Crippen molar-refractivity contribution >= 4 is 15.7 Å². The Labute approximate surface area is 188 Å². The van der Waals surface area contributed by atoms with Gasteiger partial charge >= 0.3 is 0 Å². The second-order valence-electron chi connectivity index (χ2n) is 8.61. The average Bonchev–Trinajstić information content (AvgIpc) is 3.49. The average molecular weight is 457 g/mol. The van der Waals surface area contributed by atoms with Crippen LogP contribution in [-0.2, 0) is 14.8 Å². The van der Waals surface area contributed by atoms with Gasteiger partial charge in [0, 0.05) is 30.3 Å². The van der Waals surface area contributed by atoms with Gasteiger partial charge in [0.25, 0.3) is 0 Å². The first kappa shape index (κ1) is 21.3. The molecular formula is C24H28N2O5S. The zero-order valence-corrected chi connectivity index (χ0v) is 18.8. The molecule has 5 rings (SSSR count). The van der Waals surface area contributed by atoms with Gasteiger partial charge < -0.3 is 19.9 Å². The molecule has 2 aromatic carbocycles. The SMILES string of the molecule is COc1cccc(C2Nc3ccc(S(=O)(=O)NCC4CCCO4)cc3C3C=CCC32)c1O. The standard InChI is InChI=1S/C24H28N2O5S/c1-30-22-9-3-8-19(24(22)27)23-18-7-2-6-17(18)20-13-16(10-11-21(20)26-23)32(28,29)25-14-15-5-4-12-31-15/h2-3,6,8-11,13,15,17-18,23,25-27H,4-5,7,12,14H2,1H3. The van der Waals surface area contributed by atoms with Crippen LogP contribution in [0.3, 0.4) is 0 Å². The van der Waals surface area contributed by atoms with Gasteiger partial charge in [-0.15, -0.1) is 0 Å². The van der Waals surface area contributed by atoms with Crippen molar-refractivity contribution in [2.75, 3.05) is 25.6 Å². The van der Waals surface area contributed by atoms with E-state index in [1.165, 1.54) is 7.11 Å². The number of phenolic OH excluding ortho intramolecular Hbond substituents is 1. The second-order valence-corrected chi connectivity index (χ2v) is 10.4. The lowest BCUT2D eigenvalue weighted by Gasteiger charge is -2.38. The number of benzene rings is 2. The van der Waals surface area contributed by atoms with E-state index in [9.17, 15) is 13.5 Å². The second kappa shape index (κ2) is 8.42. The molecule has 2 heterocycles. The number of hydrogen-bond donors (Lipinski definition) is 3. The van der Waals surface area contributed by atoms with E-state index >= 15 is 0 Å². The number of ether oxygens (including phenoxy) is 2. The quantitative estimate of drug-likeness (QED) is 0.574. The van der Waals surface area contributed by atoms with Crippen LogP contribution in [0.15, 0.2) is 53.4 Å². The summed E-state index contributed by atoms with van der Waals surface area (Å²) in [6, 6.07) is 10.6. The summed E-state index contributed by atoms with van der Waals surface area (Å²) < 4.78 is 39.4. The monoisotopic (exact) mass is 456 g/mol. The smallest absolute Gasteiger partial charge is 0.240 e. The van der Waals surface area contributed by atoms with E-state index in [-0.39, 0.29) is 34.6 Å². The van der Waals surface area contributed by atoms with Crippen LogP contribution >= 0.6 is 0 Å². The molecule has 0 aromatic heterocycles. The summed E-state index contributed by atoms with van der Waals surface area (Å²) in [5.74, 6) is 0.809. The highest BCUT2D eigenvalue weighted by Crippen LogP contribution is 2.52. The van der Waals surface area contributed by atoms with Gasteiger partial charge in [-0.1, -0.05) is 24.3 Å². The molecule has 0 saturated carbocycles. The zero-order chi connectivity index (χ0) is 22.3. The largest absolute Gasteiger partial charge is 0.504 e. The van der Waals surface area contributed by atoms with Crippen molar-refractivity contribution in [1.29, 1.82) is 0 Å². The molecule has 0 bridgehead atoms. The van der Waals surface area contributed by atoms with E-state index in [1.807, 2.05) is 18.2 Å². The summed E-state index contributed by atoms with van der Waals surface area (Å²) in [4.78, 5) is 0.262. The number of fused-ring (bicyclic) bond motifs is 3. The highest BCUT2D eigenvalue weighted by atomic mass is 32.2. The van der Waals surface area contributed by atoms with Crippen LogP contribution in [0.5, 0.6) is 11.5 Å². The lowest BCUT2D eigenvalue weighted by molar-refractivity contribution is 0.114. The lowest BCUT2D eigenvalue weighted by atomic mass is 9.77. The molecule has 4 atom stereocenters. The fraction of sp³-hybridized carbons (Fsp3) is 0.417. The van der Waals surface area contributed by atoms with Crippen molar-refractivity contribution in [3.05, 3.63) is 59.7 Å². The van der Waals surface area contributed by atoms with Crippen LogP contribution in [0.2, 0.25) is 0 Å². The molecule has 8 heteroatoms. The molecule has 3 aliphatic rings. The first-order chi connectivity index (χ1) is 15.5. The molecule has 2 aliphatic heterocycles. The Morgan fingerprint density at radius 3 is 2.91 bits per heavy atom. The zero-order valence-electron chi connectivity index (χ0n) is 18.0. The van der Waals surface area contributed by atoms with Crippen LogP contribution in [0.1, 0.15) is 42.3 Å². The summed E-state index contributed by atoms with van der Waals surface area (Å²) in [7, 11) is -2.09. The third kappa shape index (κ3) is 3.76. The van der Waals surface area contributed by atoms with Gasteiger partial charge in [0.05, 0.1) is 24.2 Å². The molecule has 1 aliphatic carbocycles. The number of phenols is 1. The van der Waals surface area contributed by atoms with Crippen molar-refractivity contribution in [3.8, 4) is 11.5 Å². The van der Waals surface area contributed by atoms with Crippen molar-refractivity contribution in [1.82, 2.24) is 4.72 Å². The number of para-hydroxylation sites is 1. The van der Waals surface area contributed by atoms with E-state index in [0.717, 1.165) is 36.1 Å². The van der Waals surface area contributed by atoms with Gasteiger partial charge in [-0.25, -0.2) is 13.1 Å². The number of hydrogen-bond acceptors (Lipinski definition) is 6. The first-order valence-corrected chi connectivity index (χ1v) is 12.5. The number of allylic oxidation sites excluding steroid dienone is 2. The van der Waals surface area contributed by atoms with Crippen LogP contribution in [-0.4, -0.2) is 39.9 Å². The number of methoxy groups -OCH3 is 1. The Morgan fingerprint density at radius 2 is 2.12 bits per heavy atom. The minimum absolute atomic E-state index is 0.0532. The summed E-state index contributed by atoms with van der Waals surface area (Å²) >= 11 is 0. The Bertz CT molecular complexity index is 1140. The van der Waals surface area contributed by atoms with Gasteiger partial charge in [-0.05, 0) is 55.0 Å². The summed E-state index contributed by atoms with van der Waals surface area (Å²) in [5, 5.41) is 14.3. The maximum atomic E-state index is 12.9. The Kier molecular flexibility index (Phi) is 5.61. The van der Waals surface area contributed by atoms with Crippen LogP contribution in [0, 0.1) is 5.92 Å². The number of aromatic hydroxyl groups is 1. The van der Waals surface area contributed by atoms with E-state index in [1.54, 1.807) is 18.2 Å². The van der Waals surface area contributed by atoms with E-state index in [0.29, 0.717) is 18.9 Å². The van der Waals surface area contributed by atoms with Crippen LogP contribution in [0.25, 0.3) is 0 Å². The molecule has 4 unspecified atom stereocenters. The summed E-state index contributed by atoms with van der Waals surface area (Å²) in [5.41, 5.74) is 2.62. The normalized spacial score (nSPS) is 26.4. The lowest BCUT2D eigenvalue weighted by Crippen LogP contribution is -2.32. The molecule has 0 spiro atoms. The third-order valence-electron chi connectivity index (χ3n) is 6.75. The Balaban J connectivity index is 1.44. The fourth-order valence-electron chi connectivity index (χ4n) is 5.09. The molecule has 1 fully saturated rings. The molecule has 1 saturated heterocycles. The molecule has 7 nitrogen and oxygen atoms in total. The number of sulfonamides is 1. The third-order valence-corrected chi connectivity index (χ3v) is 8.18. The summed E-state index contributed by atoms with van der Waals surface area (Å²) in [6.07, 6.45) is 6.91. The van der Waals surface area contributed by atoms with Crippen LogP contribution < -0.4 is 14.8 Å². The van der Waals surface area contributed by atoms with Gasteiger partial charge in [0.2, 0.25) is 10.0 Å². The number of anilines is 1. The van der Waals surface area contributed by atoms with Crippen molar-refractivity contribution in [2.24, 2.45) is 5.92 Å². The highest BCUT2D eigenvalue weighted by Gasteiger charge is 2.39. The van der Waals surface area contributed by atoms with Gasteiger partial charge in [0.1, 0.15) is 0 Å². The fourth-order valence-corrected chi connectivity index (χ4v) is 6.20. The Hall–Kier alpha value is -2.55. The number of rotatable bonds is 6. The molecule has 2 aromatic rings. The van der Waals surface area contributed by atoms with Crippen molar-refractivity contribution < 1.29 is 23.0 Å². The molecule has 3 N–H and O–H groups in total. The van der Waals surface area contributed by atoms with E-state index in [2.05, 4.69) is 22.2 Å². The topological polar surface area (TPSA) is 96.9 Å². The van der Waals surface area contributed by atoms with Crippen molar-refractivity contribution in [3.63, 3.8) is 0 Å². The maximum absolute atomic E-state index is 12.9. The molecule has 0 radical (unpaired) electrons. The molecule has 32 heavy (non-hydrogen) atoms. The predicted octanol–water partition coefficient (Wildman–Crippen LogP) is 3.68. The van der Waals surface area contributed by atoms with Crippen molar-refractivity contribution in [2.45, 2.75) is 42.2 Å².